The molecule has 1 fully saturated rings. The highest BCUT2D eigenvalue weighted by molar-refractivity contribution is 5.56. The number of hydrogen-bond acceptors (Lipinski definition) is 5. The number of nitrogens with zero attached hydrogens (tertiary/aromatic N) is 4. The van der Waals surface area contributed by atoms with Crippen LogP contribution < -0.4 is 10.6 Å². The van der Waals surface area contributed by atoms with Gasteiger partial charge in [-0.15, -0.1) is 5.10 Å². The Labute approximate surface area is 136 Å². The van der Waals surface area contributed by atoms with Gasteiger partial charge in [-0.05, 0) is 43.2 Å². The summed E-state index contributed by atoms with van der Waals surface area (Å²) in [6, 6.07) is 8.57. The summed E-state index contributed by atoms with van der Waals surface area (Å²) in [7, 11) is 0. The lowest BCUT2D eigenvalue weighted by molar-refractivity contribution is -0.137. The largest absolute Gasteiger partial charge is 0.417 e. The van der Waals surface area contributed by atoms with Crippen molar-refractivity contribution in [2.24, 2.45) is 0 Å². The van der Waals surface area contributed by atoms with Gasteiger partial charge in [-0.3, -0.25) is 0 Å². The van der Waals surface area contributed by atoms with Crippen LogP contribution in [-0.2, 0) is 6.18 Å². The number of aromatic nitrogens is 2. The van der Waals surface area contributed by atoms with Gasteiger partial charge in [0.1, 0.15) is 5.82 Å². The molecular formula is C16H14F3N5. The molecule has 1 aliphatic heterocycles. The summed E-state index contributed by atoms with van der Waals surface area (Å²) in [5.41, 5.74) is 5.31. The molecule has 1 unspecified atom stereocenters. The molecule has 3 rings (SSSR count). The predicted molar refractivity (Wildman–Crippen MR) is 81.9 cm³/mol. The number of alkyl halides is 3. The van der Waals surface area contributed by atoms with E-state index in [0.29, 0.717) is 23.7 Å². The Hall–Kier alpha value is -2.82. The van der Waals surface area contributed by atoms with Crippen molar-refractivity contribution in [2.75, 3.05) is 17.2 Å². The topological polar surface area (TPSA) is 78.8 Å². The lowest BCUT2D eigenvalue weighted by Crippen LogP contribution is -2.24. The summed E-state index contributed by atoms with van der Waals surface area (Å²) in [6.07, 6.45) is -2.98. The third kappa shape index (κ3) is 2.97. The minimum Gasteiger partial charge on any atom is -0.382 e. The number of anilines is 2. The van der Waals surface area contributed by atoms with Gasteiger partial charge in [0.2, 0.25) is 0 Å². The summed E-state index contributed by atoms with van der Waals surface area (Å²) in [5, 5.41) is 16.8. The maximum Gasteiger partial charge on any atom is 0.417 e. The van der Waals surface area contributed by atoms with Crippen molar-refractivity contribution in [3.8, 4) is 6.07 Å². The molecule has 0 bridgehead atoms. The fraction of sp³-hybridized carbons (Fsp3) is 0.312. The molecule has 2 heterocycles. The van der Waals surface area contributed by atoms with Gasteiger partial charge in [-0.25, -0.2) is 0 Å². The highest BCUT2D eigenvalue weighted by Gasteiger charge is 2.35. The first-order chi connectivity index (χ1) is 11.4. The second-order valence-corrected chi connectivity index (χ2v) is 5.57. The lowest BCUT2D eigenvalue weighted by atomic mass is 10.1. The number of halogens is 3. The molecule has 1 aliphatic rings. The average molecular weight is 333 g/mol. The molecule has 24 heavy (non-hydrogen) atoms. The normalized spacial score (nSPS) is 17.8. The van der Waals surface area contributed by atoms with E-state index in [2.05, 4.69) is 10.2 Å². The van der Waals surface area contributed by atoms with Gasteiger partial charge in [-0.2, -0.15) is 23.5 Å². The maximum absolute atomic E-state index is 13.2. The van der Waals surface area contributed by atoms with Crippen LogP contribution in [0.1, 0.15) is 35.7 Å². The molecule has 2 aromatic rings. The Morgan fingerprint density at radius 3 is 2.62 bits per heavy atom. The van der Waals surface area contributed by atoms with Crippen LogP contribution in [-0.4, -0.2) is 16.7 Å². The van der Waals surface area contributed by atoms with Gasteiger partial charge >= 0.3 is 6.18 Å². The minimum absolute atomic E-state index is 0.160. The van der Waals surface area contributed by atoms with Crippen molar-refractivity contribution in [1.29, 1.82) is 5.26 Å². The number of nitrogen functional groups attached to an aromatic ring is 1. The average Bonchev–Trinajstić information content (AvgIpc) is 3.03. The minimum atomic E-state index is -4.57. The number of benzene rings is 1. The number of hydrogen-bond donors (Lipinski definition) is 1. The van der Waals surface area contributed by atoms with Gasteiger partial charge in [-0.1, -0.05) is 0 Å². The molecular weight excluding hydrogens is 319 g/mol. The summed E-state index contributed by atoms with van der Waals surface area (Å²) < 4.78 is 39.5. The van der Waals surface area contributed by atoms with Gasteiger partial charge in [0.15, 0.2) is 0 Å². The highest BCUT2D eigenvalue weighted by Crippen LogP contribution is 2.39. The van der Waals surface area contributed by atoms with E-state index < -0.39 is 11.7 Å². The Morgan fingerprint density at radius 1 is 1.21 bits per heavy atom. The Kier molecular flexibility index (Phi) is 4.01. The third-order valence-corrected chi connectivity index (χ3v) is 4.06. The molecule has 0 spiro atoms. The molecule has 1 saturated heterocycles. The molecule has 1 atom stereocenters. The van der Waals surface area contributed by atoms with Gasteiger partial charge in [0.25, 0.3) is 0 Å². The molecule has 5 nitrogen and oxygen atoms in total. The number of nitriles is 1. The van der Waals surface area contributed by atoms with Crippen molar-refractivity contribution in [1.82, 2.24) is 10.2 Å². The summed E-state index contributed by atoms with van der Waals surface area (Å²) in [6.45, 7) is 0.611. The molecule has 0 amide bonds. The summed E-state index contributed by atoms with van der Waals surface area (Å²) >= 11 is 0. The smallest absolute Gasteiger partial charge is 0.382 e. The molecule has 1 aromatic carbocycles. The Morgan fingerprint density at radius 2 is 2.00 bits per heavy atom. The summed E-state index contributed by atoms with van der Waals surface area (Å²) in [4.78, 5) is 1.86. The van der Waals surface area contributed by atoms with Crippen LogP contribution in [0, 0.1) is 11.3 Å². The first kappa shape index (κ1) is 16.1. The van der Waals surface area contributed by atoms with Crippen molar-refractivity contribution in [2.45, 2.75) is 25.1 Å². The standard InChI is InChI=1S/C16H14F3N5/c17-16(18,19)12-8-11(4-3-10(12)9-20)24-7-1-2-14(24)13-5-6-15(21)23-22-13/h3-6,8,14H,1-2,7H2,(H2,21,23). The van der Waals surface area contributed by atoms with Crippen LogP contribution >= 0.6 is 0 Å². The lowest BCUT2D eigenvalue weighted by Gasteiger charge is -2.27. The van der Waals surface area contributed by atoms with E-state index in [-0.39, 0.29) is 11.6 Å². The van der Waals surface area contributed by atoms with Crippen molar-refractivity contribution in [3.63, 3.8) is 0 Å². The zero-order valence-electron chi connectivity index (χ0n) is 12.6. The number of rotatable bonds is 2. The summed E-state index contributed by atoms with van der Waals surface area (Å²) in [5.74, 6) is 0.293. The van der Waals surface area contributed by atoms with E-state index in [0.717, 1.165) is 18.9 Å². The Bertz CT molecular complexity index is 780. The van der Waals surface area contributed by atoms with E-state index in [4.69, 9.17) is 11.0 Å². The van der Waals surface area contributed by atoms with Crippen LogP contribution in [0.5, 0.6) is 0 Å². The van der Waals surface area contributed by atoms with E-state index >= 15 is 0 Å². The molecule has 124 valence electrons. The second kappa shape index (κ2) is 6.00. The molecule has 2 N–H and O–H groups in total. The van der Waals surface area contributed by atoms with Crippen LogP contribution in [0.2, 0.25) is 0 Å². The van der Waals surface area contributed by atoms with E-state index in [1.54, 1.807) is 18.2 Å². The number of nitrogens with two attached hydrogens (primary N) is 1. The van der Waals surface area contributed by atoms with Crippen LogP contribution in [0.3, 0.4) is 0 Å². The fourth-order valence-corrected chi connectivity index (χ4v) is 2.96. The maximum atomic E-state index is 13.2. The van der Waals surface area contributed by atoms with E-state index in [1.165, 1.54) is 12.1 Å². The molecule has 1 aromatic heterocycles. The first-order valence-electron chi connectivity index (χ1n) is 7.37. The fourth-order valence-electron chi connectivity index (χ4n) is 2.96. The van der Waals surface area contributed by atoms with Crippen molar-refractivity contribution in [3.05, 3.63) is 47.2 Å². The van der Waals surface area contributed by atoms with Crippen LogP contribution in [0.25, 0.3) is 0 Å². The zero-order valence-corrected chi connectivity index (χ0v) is 12.6. The van der Waals surface area contributed by atoms with Gasteiger partial charge in [0.05, 0.1) is 28.9 Å². The SMILES string of the molecule is N#Cc1ccc(N2CCCC2c2ccc(N)nn2)cc1C(F)(F)F. The zero-order chi connectivity index (χ0) is 17.3. The molecule has 8 heteroatoms. The first-order valence-corrected chi connectivity index (χ1v) is 7.37. The second-order valence-electron chi connectivity index (χ2n) is 5.57. The van der Waals surface area contributed by atoms with Gasteiger partial charge in [0, 0.05) is 12.2 Å². The quantitative estimate of drug-likeness (QED) is 0.912. The van der Waals surface area contributed by atoms with Crippen molar-refractivity contribution < 1.29 is 13.2 Å². The van der Waals surface area contributed by atoms with Crippen LogP contribution in [0.15, 0.2) is 30.3 Å². The van der Waals surface area contributed by atoms with E-state index in [9.17, 15) is 13.2 Å². The van der Waals surface area contributed by atoms with Crippen LogP contribution in [0.4, 0.5) is 24.7 Å². The van der Waals surface area contributed by atoms with Crippen molar-refractivity contribution >= 4 is 11.5 Å². The third-order valence-electron chi connectivity index (χ3n) is 4.06. The molecule has 0 saturated carbocycles. The monoisotopic (exact) mass is 333 g/mol. The molecule has 0 aliphatic carbocycles. The van der Waals surface area contributed by atoms with Gasteiger partial charge < -0.3 is 10.6 Å². The molecule has 0 radical (unpaired) electrons. The Balaban J connectivity index is 1.98. The predicted octanol–water partition coefficient (Wildman–Crippen LogP) is 3.29. The van der Waals surface area contributed by atoms with E-state index in [1.807, 2.05) is 4.90 Å². The highest BCUT2D eigenvalue weighted by atomic mass is 19.4.